The Hall–Kier alpha value is -3.69. The SMILES string of the molecule is CCCOc1ccccc1[C@H]1C(C(=O)OCCOC)=C(C)N=c2s/c(=C/c3cc(C(C)C)c(OC)cc3C)c(=O)n21. The van der Waals surface area contributed by atoms with Crippen molar-refractivity contribution in [2.75, 3.05) is 34.0 Å². The highest BCUT2D eigenvalue weighted by Crippen LogP contribution is 2.36. The molecule has 1 aromatic heterocycles. The van der Waals surface area contributed by atoms with Gasteiger partial charge in [0, 0.05) is 12.7 Å². The zero-order chi connectivity index (χ0) is 29.7. The maximum absolute atomic E-state index is 14.1. The monoisotopic (exact) mass is 578 g/mol. The van der Waals surface area contributed by atoms with Crippen molar-refractivity contribution in [1.82, 2.24) is 4.57 Å². The molecule has 0 saturated carbocycles. The number of hydrogen-bond acceptors (Lipinski definition) is 8. The number of benzene rings is 2. The highest BCUT2D eigenvalue weighted by molar-refractivity contribution is 7.07. The van der Waals surface area contributed by atoms with E-state index in [-0.39, 0.29) is 24.7 Å². The summed E-state index contributed by atoms with van der Waals surface area (Å²) in [5.74, 6) is 1.14. The molecule has 8 nitrogen and oxygen atoms in total. The summed E-state index contributed by atoms with van der Waals surface area (Å²) in [5.41, 5.74) is 4.25. The van der Waals surface area contributed by atoms with Gasteiger partial charge < -0.3 is 18.9 Å². The van der Waals surface area contributed by atoms with Crippen LogP contribution in [0.2, 0.25) is 0 Å². The van der Waals surface area contributed by atoms with Crippen LogP contribution in [0.4, 0.5) is 0 Å². The van der Waals surface area contributed by atoms with Gasteiger partial charge in [-0.05, 0) is 67.2 Å². The van der Waals surface area contributed by atoms with Crippen molar-refractivity contribution in [2.45, 2.75) is 53.0 Å². The Balaban J connectivity index is 1.94. The van der Waals surface area contributed by atoms with Crippen LogP contribution in [0.1, 0.15) is 68.3 Å². The second kappa shape index (κ2) is 13.3. The summed E-state index contributed by atoms with van der Waals surface area (Å²) in [7, 11) is 3.21. The van der Waals surface area contributed by atoms with Crippen molar-refractivity contribution in [2.24, 2.45) is 4.99 Å². The standard InChI is InChI=1S/C32H38N2O6S/c1-8-13-39-25-12-10-9-11-23(25)29-28(31(36)40-15-14-37-6)21(5)33-32-34(29)30(35)27(41-32)18-22-17-24(19(2)3)26(38-7)16-20(22)4/h9-12,16-19,29H,8,13-15H2,1-7H3/b27-18+/t29-/m0/s1. The molecule has 9 heteroatoms. The van der Waals surface area contributed by atoms with Gasteiger partial charge >= 0.3 is 5.97 Å². The Morgan fingerprint density at radius 2 is 1.85 bits per heavy atom. The number of rotatable bonds is 11. The third kappa shape index (κ3) is 6.31. The van der Waals surface area contributed by atoms with Crippen molar-refractivity contribution in [3.05, 3.63) is 89.6 Å². The molecule has 3 aromatic rings. The molecule has 0 N–H and O–H groups in total. The first-order valence-corrected chi connectivity index (χ1v) is 14.6. The van der Waals surface area contributed by atoms with Crippen LogP contribution in [0.25, 0.3) is 6.08 Å². The largest absolute Gasteiger partial charge is 0.496 e. The maximum atomic E-state index is 14.1. The van der Waals surface area contributed by atoms with E-state index in [2.05, 4.69) is 19.9 Å². The molecule has 0 aliphatic carbocycles. The smallest absolute Gasteiger partial charge is 0.338 e. The molecule has 1 aliphatic heterocycles. The summed E-state index contributed by atoms with van der Waals surface area (Å²) >= 11 is 1.30. The van der Waals surface area contributed by atoms with E-state index in [1.807, 2.05) is 50.3 Å². The molecule has 0 fully saturated rings. The number of ether oxygens (including phenoxy) is 4. The van der Waals surface area contributed by atoms with Crippen LogP contribution in [0.3, 0.4) is 0 Å². The summed E-state index contributed by atoms with van der Waals surface area (Å²) in [6.07, 6.45) is 2.72. The molecule has 0 radical (unpaired) electrons. The van der Waals surface area contributed by atoms with Crippen LogP contribution in [0.15, 0.2) is 57.5 Å². The number of methoxy groups -OCH3 is 2. The van der Waals surface area contributed by atoms with Gasteiger partial charge in [-0.1, -0.05) is 50.3 Å². The Labute approximate surface area is 244 Å². The summed E-state index contributed by atoms with van der Waals surface area (Å²) in [6, 6.07) is 10.8. The fraction of sp³-hybridized carbons (Fsp3) is 0.406. The maximum Gasteiger partial charge on any atom is 0.338 e. The van der Waals surface area contributed by atoms with Gasteiger partial charge in [-0.2, -0.15) is 0 Å². The predicted molar refractivity (Wildman–Crippen MR) is 161 cm³/mol. The Morgan fingerprint density at radius 3 is 2.54 bits per heavy atom. The normalized spacial score (nSPS) is 15.1. The molecular formula is C32H38N2O6S. The third-order valence-electron chi connectivity index (χ3n) is 6.96. The summed E-state index contributed by atoms with van der Waals surface area (Å²) in [4.78, 5) is 32.8. The van der Waals surface area contributed by atoms with Gasteiger partial charge in [0.2, 0.25) is 0 Å². The van der Waals surface area contributed by atoms with E-state index < -0.39 is 12.0 Å². The summed E-state index contributed by atoms with van der Waals surface area (Å²) in [6.45, 7) is 10.9. The van der Waals surface area contributed by atoms with E-state index in [9.17, 15) is 9.59 Å². The first-order valence-electron chi connectivity index (χ1n) is 13.8. The molecule has 1 aliphatic rings. The van der Waals surface area contributed by atoms with Crippen LogP contribution in [0, 0.1) is 6.92 Å². The number of carbonyl (C=O) groups excluding carboxylic acids is 1. The molecule has 0 amide bonds. The van der Waals surface area contributed by atoms with Crippen molar-refractivity contribution in [3.63, 3.8) is 0 Å². The number of fused-ring (bicyclic) bond motifs is 1. The Morgan fingerprint density at radius 1 is 1.10 bits per heavy atom. The molecule has 1 atom stereocenters. The zero-order valence-corrected chi connectivity index (χ0v) is 25.6. The van der Waals surface area contributed by atoms with Crippen LogP contribution in [-0.2, 0) is 14.3 Å². The van der Waals surface area contributed by atoms with Crippen molar-refractivity contribution < 1.29 is 23.7 Å². The molecule has 2 aromatic carbocycles. The van der Waals surface area contributed by atoms with Gasteiger partial charge in [0.1, 0.15) is 24.1 Å². The lowest BCUT2D eigenvalue weighted by Gasteiger charge is -2.26. The van der Waals surface area contributed by atoms with Gasteiger partial charge in [0.25, 0.3) is 5.56 Å². The quantitative estimate of drug-likeness (QED) is 0.243. The van der Waals surface area contributed by atoms with E-state index >= 15 is 0 Å². The number of thiazole rings is 1. The lowest BCUT2D eigenvalue weighted by atomic mass is 9.95. The molecule has 0 bridgehead atoms. The molecule has 0 unspecified atom stereocenters. The molecule has 2 heterocycles. The molecule has 0 spiro atoms. The summed E-state index contributed by atoms with van der Waals surface area (Å²) in [5, 5.41) is 0. The van der Waals surface area contributed by atoms with E-state index in [1.165, 1.54) is 11.3 Å². The second-order valence-corrected chi connectivity index (χ2v) is 11.2. The number of aromatic nitrogens is 1. The minimum Gasteiger partial charge on any atom is -0.496 e. The van der Waals surface area contributed by atoms with E-state index in [0.717, 1.165) is 28.9 Å². The number of esters is 1. The van der Waals surface area contributed by atoms with E-state index in [4.69, 9.17) is 23.9 Å². The number of hydrogen-bond donors (Lipinski definition) is 0. The Bertz CT molecular complexity index is 1630. The van der Waals surface area contributed by atoms with Crippen molar-refractivity contribution in [3.8, 4) is 11.5 Å². The first-order chi connectivity index (χ1) is 19.7. The molecule has 4 rings (SSSR count). The van der Waals surface area contributed by atoms with Crippen LogP contribution >= 0.6 is 11.3 Å². The Kier molecular flexibility index (Phi) is 9.83. The number of aryl methyl sites for hydroxylation is 1. The topological polar surface area (TPSA) is 88.4 Å². The van der Waals surface area contributed by atoms with E-state index in [0.29, 0.717) is 38.5 Å². The highest BCUT2D eigenvalue weighted by atomic mass is 32.1. The van der Waals surface area contributed by atoms with Gasteiger partial charge in [0.05, 0.1) is 36.1 Å². The average Bonchev–Trinajstić information content (AvgIpc) is 3.26. The van der Waals surface area contributed by atoms with Crippen LogP contribution in [-0.4, -0.2) is 44.6 Å². The molecule has 41 heavy (non-hydrogen) atoms. The van der Waals surface area contributed by atoms with Gasteiger partial charge in [-0.3, -0.25) is 9.36 Å². The zero-order valence-electron chi connectivity index (χ0n) is 24.8. The number of nitrogens with zero attached hydrogens (tertiary/aromatic N) is 2. The van der Waals surface area contributed by atoms with Crippen molar-refractivity contribution >= 4 is 23.4 Å². The van der Waals surface area contributed by atoms with Gasteiger partial charge in [-0.15, -0.1) is 0 Å². The number of para-hydroxylation sites is 1. The number of allylic oxidation sites excluding steroid dienone is 1. The predicted octanol–water partition coefficient (Wildman–Crippen LogP) is 4.65. The third-order valence-corrected chi connectivity index (χ3v) is 7.95. The lowest BCUT2D eigenvalue weighted by Crippen LogP contribution is -2.40. The fourth-order valence-electron chi connectivity index (χ4n) is 4.86. The summed E-state index contributed by atoms with van der Waals surface area (Å²) < 4.78 is 24.4. The number of carbonyl (C=O) groups is 1. The van der Waals surface area contributed by atoms with E-state index in [1.54, 1.807) is 25.7 Å². The van der Waals surface area contributed by atoms with Gasteiger partial charge in [-0.25, -0.2) is 9.79 Å². The average molecular weight is 579 g/mol. The first kappa shape index (κ1) is 30.3. The molecule has 218 valence electrons. The fourth-order valence-corrected chi connectivity index (χ4v) is 5.90. The van der Waals surface area contributed by atoms with Gasteiger partial charge in [0.15, 0.2) is 4.80 Å². The second-order valence-electron chi connectivity index (χ2n) is 10.2. The minimum absolute atomic E-state index is 0.0895. The molecule has 0 saturated heterocycles. The lowest BCUT2D eigenvalue weighted by molar-refractivity contribution is -0.140. The highest BCUT2D eigenvalue weighted by Gasteiger charge is 2.35. The minimum atomic E-state index is -0.764. The van der Waals surface area contributed by atoms with Crippen LogP contribution < -0.4 is 24.4 Å². The van der Waals surface area contributed by atoms with Crippen LogP contribution in [0.5, 0.6) is 11.5 Å². The van der Waals surface area contributed by atoms with Crippen molar-refractivity contribution in [1.29, 1.82) is 0 Å². The molecular weight excluding hydrogens is 540 g/mol.